The number of aromatic nitrogens is 2. The summed E-state index contributed by atoms with van der Waals surface area (Å²) in [6, 6.07) is 7.54. The predicted octanol–water partition coefficient (Wildman–Crippen LogP) is 3.74. The van der Waals surface area contributed by atoms with E-state index >= 15 is 0 Å². The largest absolute Gasteiger partial charge is 0.398 e. The fourth-order valence-corrected chi connectivity index (χ4v) is 2.49. The van der Waals surface area contributed by atoms with Crippen molar-refractivity contribution in [1.82, 2.24) is 9.78 Å². The predicted molar refractivity (Wildman–Crippen MR) is 78.8 cm³/mol. The SMILES string of the molecule is CC(C(=O)Nc1ccccc1SCC(F)(F)F)n1cccn1. The first-order valence-electron chi connectivity index (χ1n) is 6.45. The number of hydrogen-bond donors (Lipinski definition) is 1. The average Bonchev–Trinajstić information content (AvgIpc) is 2.98. The maximum Gasteiger partial charge on any atom is 0.398 e. The molecule has 1 N–H and O–H groups in total. The van der Waals surface area contributed by atoms with Gasteiger partial charge in [-0.15, -0.1) is 11.8 Å². The lowest BCUT2D eigenvalue weighted by Crippen LogP contribution is -2.24. The van der Waals surface area contributed by atoms with Crippen LogP contribution >= 0.6 is 11.8 Å². The first kappa shape index (κ1) is 16.4. The maximum absolute atomic E-state index is 12.3. The van der Waals surface area contributed by atoms with Gasteiger partial charge in [-0.3, -0.25) is 9.48 Å². The third-order valence-corrected chi connectivity index (χ3v) is 3.98. The lowest BCUT2D eigenvalue weighted by atomic mass is 10.2. The van der Waals surface area contributed by atoms with Gasteiger partial charge in [0.15, 0.2) is 0 Å². The first-order valence-corrected chi connectivity index (χ1v) is 7.44. The molecule has 0 aliphatic heterocycles. The molecule has 0 bridgehead atoms. The number of hydrogen-bond acceptors (Lipinski definition) is 3. The molecule has 0 spiro atoms. The van der Waals surface area contributed by atoms with Gasteiger partial charge in [-0.25, -0.2) is 0 Å². The average molecular weight is 329 g/mol. The Morgan fingerprint density at radius 1 is 1.36 bits per heavy atom. The van der Waals surface area contributed by atoms with Crippen LogP contribution in [0, 0.1) is 0 Å². The quantitative estimate of drug-likeness (QED) is 0.850. The summed E-state index contributed by atoms with van der Waals surface area (Å²) in [5, 5.41) is 6.62. The van der Waals surface area contributed by atoms with Crippen LogP contribution in [0.25, 0.3) is 0 Å². The highest BCUT2D eigenvalue weighted by molar-refractivity contribution is 7.99. The van der Waals surface area contributed by atoms with E-state index in [0.29, 0.717) is 22.3 Å². The van der Waals surface area contributed by atoms with Crippen molar-refractivity contribution in [2.75, 3.05) is 11.1 Å². The number of para-hydroxylation sites is 1. The zero-order valence-corrected chi connectivity index (χ0v) is 12.5. The summed E-state index contributed by atoms with van der Waals surface area (Å²) < 4.78 is 38.5. The molecule has 1 amide bonds. The van der Waals surface area contributed by atoms with Crippen molar-refractivity contribution in [2.24, 2.45) is 0 Å². The van der Waals surface area contributed by atoms with E-state index in [0.717, 1.165) is 0 Å². The van der Waals surface area contributed by atoms with E-state index in [1.807, 2.05) is 0 Å². The summed E-state index contributed by atoms with van der Waals surface area (Å²) in [5.41, 5.74) is 0.362. The molecule has 0 aliphatic carbocycles. The van der Waals surface area contributed by atoms with E-state index < -0.39 is 18.0 Å². The van der Waals surface area contributed by atoms with Crippen LogP contribution in [0.4, 0.5) is 18.9 Å². The molecule has 0 aliphatic rings. The number of thioether (sulfide) groups is 1. The summed E-state index contributed by atoms with van der Waals surface area (Å²) in [7, 11) is 0. The summed E-state index contributed by atoms with van der Waals surface area (Å²) in [6.07, 6.45) is -1.06. The Labute approximate surface area is 129 Å². The molecule has 8 heteroatoms. The lowest BCUT2D eigenvalue weighted by molar-refractivity contribution is -0.119. The summed E-state index contributed by atoms with van der Waals surface area (Å²) in [4.78, 5) is 12.5. The number of alkyl halides is 3. The Kier molecular flexibility index (Phi) is 5.12. The van der Waals surface area contributed by atoms with Crippen molar-refractivity contribution < 1.29 is 18.0 Å². The maximum atomic E-state index is 12.3. The second-order valence-corrected chi connectivity index (χ2v) is 5.57. The number of anilines is 1. The first-order chi connectivity index (χ1) is 10.4. The Morgan fingerprint density at radius 2 is 2.09 bits per heavy atom. The molecule has 1 heterocycles. The molecule has 0 saturated heterocycles. The fraction of sp³-hybridized carbons (Fsp3) is 0.286. The van der Waals surface area contributed by atoms with Gasteiger partial charge in [0.25, 0.3) is 0 Å². The van der Waals surface area contributed by atoms with Gasteiger partial charge in [-0.05, 0) is 25.1 Å². The minimum Gasteiger partial charge on any atom is -0.323 e. The summed E-state index contributed by atoms with van der Waals surface area (Å²) in [5.74, 6) is -1.35. The Morgan fingerprint density at radius 3 is 2.73 bits per heavy atom. The number of nitrogens with zero attached hydrogens (tertiary/aromatic N) is 2. The third kappa shape index (κ3) is 4.52. The highest BCUT2D eigenvalue weighted by Crippen LogP contribution is 2.32. The molecule has 1 unspecified atom stereocenters. The van der Waals surface area contributed by atoms with Gasteiger partial charge in [-0.1, -0.05) is 12.1 Å². The number of rotatable bonds is 5. The van der Waals surface area contributed by atoms with E-state index in [-0.39, 0.29) is 5.91 Å². The van der Waals surface area contributed by atoms with Crippen LogP contribution in [0.15, 0.2) is 47.6 Å². The van der Waals surface area contributed by atoms with E-state index in [1.165, 1.54) is 4.68 Å². The van der Waals surface area contributed by atoms with Crippen molar-refractivity contribution in [3.05, 3.63) is 42.7 Å². The summed E-state index contributed by atoms with van der Waals surface area (Å²) >= 11 is 0.643. The normalized spacial score (nSPS) is 12.9. The zero-order chi connectivity index (χ0) is 16.2. The van der Waals surface area contributed by atoms with Gasteiger partial charge >= 0.3 is 6.18 Å². The molecule has 2 aromatic rings. The molecule has 0 fully saturated rings. The van der Waals surface area contributed by atoms with Crippen molar-refractivity contribution in [3.8, 4) is 0 Å². The Hall–Kier alpha value is -1.96. The minimum atomic E-state index is -4.26. The lowest BCUT2D eigenvalue weighted by Gasteiger charge is -2.15. The van der Waals surface area contributed by atoms with Crippen molar-refractivity contribution in [2.45, 2.75) is 24.0 Å². The topological polar surface area (TPSA) is 46.9 Å². The highest BCUT2D eigenvalue weighted by atomic mass is 32.2. The molecular formula is C14H14F3N3OS. The molecule has 2 rings (SSSR count). The van der Waals surface area contributed by atoms with Gasteiger partial charge in [-0.2, -0.15) is 18.3 Å². The van der Waals surface area contributed by atoms with Gasteiger partial charge in [0, 0.05) is 17.3 Å². The molecular weight excluding hydrogens is 315 g/mol. The highest BCUT2D eigenvalue weighted by Gasteiger charge is 2.28. The number of benzene rings is 1. The van der Waals surface area contributed by atoms with Crippen LogP contribution in [0.1, 0.15) is 13.0 Å². The van der Waals surface area contributed by atoms with Gasteiger partial charge in [0.2, 0.25) is 5.91 Å². The second-order valence-electron chi connectivity index (χ2n) is 4.55. The number of halogens is 3. The van der Waals surface area contributed by atoms with Crippen molar-refractivity contribution in [1.29, 1.82) is 0 Å². The molecule has 4 nitrogen and oxygen atoms in total. The molecule has 1 aromatic carbocycles. The number of amides is 1. The number of nitrogens with one attached hydrogen (secondary N) is 1. The molecule has 118 valence electrons. The van der Waals surface area contributed by atoms with Gasteiger partial charge in [0.1, 0.15) is 6.04 Å². The minimum absolute atomic E-state index is 0.344. The zero-order valence-electron chi connectivity index (χ0n) is 11.7. The molecule has 1 atom stereocenters. The van der Waals surface area contributed by atoms with Crippen molar-refractivity contribution >= 4 is 23.4 Å². The van der Waals surface area contributed by atoms with Crippen molar-refractivity contribution in [3.63, 3.8) is 0 Å². The van der Waals surface area contributed by atoms with Crippen LogP contribution in [-0.4, -0.2) is 27.6 Å². The Balaban J connectivity index is 2.07. The smallest absolute Gasteiger partial charge is 0.323 e. The van der Waals surface area contributed by atoms with Crippen LogP contribution < -0.4 is 5.32 Å². The fourth-order valence-electron chi connectivity index (χ4n) is 1.72. The standard InChI is InChI=1S/C14H14F3N3OS/c1-10(20-8-4-7-18-20)13(21)19-11-5-2-3-6-12(11)22-9-14(15,16)17/h2-8,10H,9H2,1H3,(H,19,21). The van der Waals surface area contributed by atoms with E-state index in [1.54, 1.807) is 49.6 Å². The van der Waals surface area contributed by atoms with Crippen LogP contribution in [0.5, 0.6) is 0 Å². The third-order valence-electron chi connectivity index (χ3n) is 2.84. The van der Waals surface area contributed by atoms with E-state index in [4.69, 9.17) is 0 Å². The van der Waals surface area contributed by atoms with Crippen LogP contribution in [0.2, 0.25) is 0 Å². The molecule has 22 heavy (non-hydrogen) atoms. The van der Waals surface area contributed by atoms with Gasteiger partial charge < -0.3 is 5.32 Å². The van der Waals surface area contributed by atoms with Crippen LogP contribution in [0.3, 0.4) is 0 Å². The second kappa shape index (κ2) is 6.87. The molecule has 0 radical (unpaired) electrons. The van der Waals surface area contributed by atoms with E-state index in [9.17, 15) is 18.0 Å². The summed E-state index contributed by atoms with van der Waals surface area (Å²) in [6.45, 7) is 1.66. The van der Waals surface area contributed by atoms with Crippen LogP contribution in [-0.2, 0) is 4.79 Å². The monoisotopic (exact) mass is 329 g/mol. The molecule has 1 aromatic heterocycles. The molecule has 0 saturated carbocycles. The van der Waals surface area contributed by atoms with Gasteiger partial charge in [0.05, 0.1) is 11.4 Å². The van der Waals surface area contributed by atoms with E-state index in [2.05, 4.69) is 10.4 Å². The Bertz CT molecular complexity index is 629. The number of carbonyl (C=O) groups excluding carboxylic acids is 1. The number of carbonyl (C=O) groups is 1.